The van der Waals surface area contributed by atoms with Gasteiger partial charge in [0.15, 0.2) is 0 Å². The van der Waals surface area contributed by atoms with E-state index >= 15 is 0 Å². The van der Waals surface area contributed by atoms with Crippen LogP contribution in [-0.4, -0.2) is 30.6 Å². The lowest BCUT2D eigenvalue weighted by molar-refractivity contribution is 0.0697. The van der Waals surface area contributed by atoms with E-state index in [9.17, 15) is 9.90 Å². The van der Waals surface area contributed by atoms with Gasteiger partial charge in [0, 0.05) is 39.1 Å². The molecule has 0 aliphatic heterocycles. The Labute approximate surface area is 288 Å². The normalized spacial score (nSPS) is 14.1. The number of pyridine rings is 2. The molecule has 50 heavy (non-hydrogen) atoms. The zero-order valence-corrected chi connectivity index (χ0v) is 27.3. The van der Waals surface area contributed by atoms with Gasteiger partial charge < -0.3 is 9.67 Å². The maximum atomic E-state index is 11.7. The molecule has 0 atom stereocenters. The van der Waals surface area contributed by atoms with Crippen molar-refractivity contribution in [1.82, 2.24) is 19.5 Å². The molecule has 0 radical (unpaired) electrons. The lowest BCUT2D eigenvalue weighted by Crippen LogP contribution is -2.14. The second-order valence-corrected chi connectivity index (χ2v) is 13.6. The van der Waals surface area contributed by atoms with Gasteiger partial charge in [-0.1, -0.05) is 73.9 Å². The number of imidazole rings is 1. The van der Waals surface area contributed by atoms with E-state index in [-0.39, 0.29) is 5.56 Å². The van der Waals surface area contributed by atoms with E-state index in [2.05, 4.69) is 102 Å². The van der Waals surface area contributed by atoms with Crippen LogP contribution in [0.25, 0.3) is 89.0 Å². The molecule has 0 saturated heterocycles. The summed E-state index contributed by atoms with van der Waals surface area (Å²) in [6.45, 7) is 0. The first kappa shape index (κ1) is 28.8. The zero-order chi connectivity index (χ0) is 33.3. The SMILES string of the molecule is O=C(O)c1ccc2c(c1)nc(-c1ccc3nc(-c4ccc5nc6c(cc5c4)-c4ccc(-c5ccccc5)c-6c4)ccc3c1)n2C1CCCCC1. The van der Waals surface area contributed by atoms with Gasteiger partial charge in [0.25, 0.3) is 0 Å². The summed E-state index contributed by atoms with van der Waals surface area (Å²) < 4.78 is 2.35. The average molecular weight is 649 g/mol. The Morgan fingerprint density at radius 2 is 1.36 bits per heavy atom. The summed E-state index contributed by atoms with van der Waals surface area (Å²) in [7, 11) is 0. The molecule has 0 spiro atoms. The zero-order valence-electron chi connectivity index (χ0n) is 27.3. The number of aromatic nitrogens is 4. The van der Waals surface area contributed by atoms with Gasteiger partial charge in [-0.2, -0.15) is 0 Å². The number of hydrogen-bond acceptors (Lipinski definition) is 4. The number of rotatable bonds is 5. The van der Waals surface area contributed by atoms with Crippen LogP contribution in [0.5, 0.6) is 0 Å². The molecule has 0 unspecified atom stereocenters. The van der Waals surface area contributed by atoms with E-state index in [4.69, 9.17) is 15.0 Å². The fourth-order valence-corrected chi connectivity index (χ4v) is 8.11. The van der Waals surface area contributed by atoms with E-state index in [1.165, 1.54) is 47.1 Å². The third-order valence-corrected chi connectivity index (χ3v) is 10.6. The summed E-state index contributed by atoms with van der Waals surface area (Å²) in [5.41, 5.74) is 13.8. The number of fused-ring (bicyclic) bond motifs is 8. The Hall–Kier alpha value is -6.14. The molecule has 1 saturated carbocycles. The van der Waals surface area contributed by atoms with Gasteiger partial charge in [0.1, 0.15) is 5.82 Å². The minimum atomic E-state index is -0.938. The Bertz CT molecular complexity index is 2670. The number of nitrogens with zero attached hydrogens (tertiary/aromatic N) is 4. The Kier molecular flexibility index (Phi) is 6.46. The Morgan fingerprint density at radius 3 is 2.20 bits per heavy atom. The molecule has 0 amide bonds. The summed E-state index contributed by atoms with van der Waals surface area (Å²) in [5, 5.41) is 11.8. The van der Waals surface area contributed by atoms with Gasteiger partial charge in [-0.25, -0.2) is 19.7 Å². The highest BCUT2D eigenvalue weighted by atomic mass is 16.4. The molecule has 3 heterocycles. The Morgan fingerprint density at radius 1 is 0.580 bits per heavy atom. The molecule has 8 aromatic rings. The van der Waals surface area contributed by atoms with Crippen LogP contribution in [0.1, 0.15) is 48.5 Å². The van der Waals surface area contributed by atoms with Crippen molar-refractivity contribution in [2.45, 2.75) is 38.1 Å². The van der Waals surface area contributed by atoms with Gasteiger partial charge in [-0.05, 0) is 96.3 Å². The molecular weight excluding hydrogens is 617 g/mol. The van der Waals surface area contributed by atoms with Crippen molar-refractivity contribution >= 4 is 38.8 Å². The molecule has 3 aromatic heterocycles. The lowest BCUT2D eigenvalue weighted by Gasteiger charge is -2.25. The van der Waals surface area contributed by atoms with Crippen LogP contribution in [0, 0.1) is 0 Å². The molecular formula is C44H32N4O2. The van der Waals surface area contributed by atoms with Crippen LogP contribution in [0.15, 0.2) is 121 Å². The maximum Gasteiger partial charge on any atom is 0.335 e. The summed E-state index contributed by atoms with van der Waals surface area (Å²) in [5.74, 6) is -0.0528. The topological polar surface area (TPSA) is 80.9 Å². The summed E-state index contributed by atoms with van der Waals surface area (Å²) in [6, 6.07) is 42.1. The average Bonchev–Trinajstić information content (AvgIpc) is 3.68. The Balaban J connectivity index is 1.01. The molecule has 5 aromatic carbocycles. The van der Waals surface area contributed by atoms with Crippen LogP contribution < -0.4 is 0 Å². The number of carbonyl (C=O) groups is 1. The van der Waals surface area contributed by atoms with Crippen molar-refractivity contribution < 1.29 is 9.90 Å². The summed E-state index contributed by atoms with van der Waals surface area (Å²) in [6.07, 6.45) is 5.84. The molecule has 6 nitrogen and oxygen atoms in total. The minimum Gasteiger partial charge on any atom is -0.478 e. The largest absolute Gasteiger partial charge is 0.478 e. The number of benzene rings is 5. The summed E-state index contributed by atoms with van der Waals surface area (Å²) >= 11 is 0. The quantitative estimate of drug-likeness (QED) is 0.201. The first-order chi connectivity index (χ1) is 24.6. The van der Waals surface area contributed by atoms with E-state index in [1.54, 1.807) is 12.1 Å². The van der Waals surface area contributed by atoms with Crippen molar-refractivity contribution in [3.8, 4) is 56.2 Å². The number of hydrogen-bond donors (Lipinski definition) is 1. The van der Waals surface area contributed by atoms with E-state index in [1.807, 2.05) is 12.1 Å². The third-order valence-electron chi connectivity index (χ3n) is 10.6. The summed E-state index contributed by atoms with van der Waals surface area (Å²) in [4.78, 5) is 27.0. The molecule has 1 fully saturated rings. The van der Waals surface area contributed by atoms with E-state index in [0.717, 1.165) is 74.0 Å². The van der Waals surface area contributed by atoms with Crippen LogP contribution in [0.4, 0.5) is 0 Å². The van der Waals surface area contributed by atoms with Crippen molar-refractivity contribution in [2.75, 3.05) is 0 Å². The highest BCUT2D eigenvalue weighted by Crippen LogP contribution is 2.46. The van der Waals surface area contributed by atoms with Crippen LogP contribution >= 0.6 is 0 Å². The van der Waals surface area contributed by atoms with Crippen molar-refractivity contribution in [3.63, 3.8) is 0 Å². The molecule has 6 heteroatoms. The number of carboxylic acids is 1. The first-order valence-electron chi connectivity index (χ1n) is 17.4. The van der Waals surface area contributed by atoms with Gasteiger partial charge in [0.05, 0.1) is 39.0 Å². The second kappa shape index (κ2) is 11.2. The third kappa shape index (κ3) is 4.63. The highest BCUT2D eigenvalue weighted by molar-refractivity contribution is 6.02. The molecule has 2 aliphatic rings. The lowest BCUT2D eigenvalue weighted by atomic mass is 9.94. The molecule has 2 bridgehead atoms. The van der Waals surface area contributed by atoms with Crippen LogP contribution in [0.3, 0.4) is 0 Å². The highest BCUT2D eigenvalue weighted by Gasteiger charge is 2.24. The maximum absolute atomic E-state index is 11.7. The fraction of sp³-hybridized carbons (Fsp3) is 0.136. The number of aromatic carboxylic acids is 1. The van der Waals surface area contributed by atoms with Crippen molar-refractivity contribution in [2.24, 2.45) is 0 Å². The van der Waals surface area contributed by atoms with Gasteiger partial charge in [0.2, 0.25) is 0 Å². The van der Waals surface area contributed by atoms with E-state index in [0.29, 0.717) is 6.04 Å². The molecule has 2 aliphatic carbocycles. The standard InChI is InChI=1S/C44H32N4O2/c49-44(50)31-15-20-41-40(25-31)47-43(48(41)33-9-5-2-6-10-33)30-14-19-38-28(21-30)12-17-37(45-38)29-13-18-39-32(22-29)24-35-27-11-16-34(26-7-3-1-4-8-26)36(23-27)42(35)46-39/h1,3-4,7-8,11-25,33H,2,5-6,9-10H2,(H,49,50). The number of carboxylic acid groups (broad SMARTS) is 1. The van der Waals surface area contributed by atoms with Crippen LogP contribution in [0.2, 0.25) is 0 Å². The van der Waals surface area contributed by atoms with Crippen molar-refractivity contribution in [1.29, 1.82) is 0 Å². The van der Waals surface area contributed by atoms with Gasteiger partial charge in [-0.15, -0.1) is 0 Å². The monoisotopic (exact) mass is 648 g/mol. The van der Waals surface area contributed by atoms with Gasteiger partial charge in [-0.3, -0.25) is 0 Å². The van der Waals surface area contributed by atoms with Gasteiger partial charge >= 0.3 is 5.97 Å². The molecule has 240 valence electrons. The predicted molar refractivity (Wildman–Crippen MR) is 200 cm³/mol. The molecule has 10 rings (SSSR count). The second-order valence-electron chi connectivity index (χ2n) is 13.6. The van der Waals surface area contributed by atoms with E-state index < -0.39 is 5.97 Å². The fourth-order valence-electron chi connectivity index (χ4n) is 8.11. The predicted octanol–water partition coefficient (Wildman–Crippen LogP) is 11.0. The minimum absolute atomic E-state index is 0.257. The van der Waals surface area contributed by atoms with Crippen LogP contribution in [-0.2, 0) is 0 Å². The first-order valence-corrected chi connectivity index (χ1v) is 17.4. The van der Waals surface area contributed by atoms with Crippen molar-refractivity contribution in [3.05, 3.63) is 127 Å². The molecule has 1 N–H and O–H groups in total. The smallest absolute Gasteiger partial charge is 0.335 e.